The van der Waals surface area contributed by atoms with Crippen molar-refractivity contribution in [1.82, 2.24) is 0 Å². The van der Waals surface area contributed by atoms with E-state index in [4.69, 9.17) is 9.47 Å². The monoisotopic (exact) mass is 393 g/mol. The van der Waals surface area contributed by atoms with Gasteiger partial charge in [0.15, 0.2) is 0 Å². The van der Waals surface area contributed by atoms with Crippen LogP contribution in [0.3, 0.4) is 0 Å². The van der Waals surface area contributed by atoms with Gasteiger partial charge in [-0.3, -0.25) is 4.79 Å². The average Bonchev–Trinajstić information content (AvgIpc) is 2.68. The third kappa shape index (κ3) is 5.12. The van der Waals surface area contributed by atoms with E-state index in [1.165, 1.54) is 26.2 Å². The molecule has 2 aromatic carbocycles. The zero-order chi connectivity index (χ0) is 20.7. The molecular weight excluding hydrogens is 375 g/mol. The minimum Gasteiger partial charge on any atom is -0.497 e. The van der Waals surface area contributed by atoms with Gasteiger partial charge >= 0.3 is 12.1 Å². The van der Waals surface area contributed by atoms with E-state index in [9.17, 15) is 22.8 Å². The summed E-state index contributed by atoms with van der Waals surface area (Å²) in [4.78, 5) is 24.9. The largest absolute Gasteiger partial charge is 0.497 e. The van der Waals surface area contributed by atoms with Crippen molar-refractivity contribution < 1.29 is 32.2 Å². The summed E-state index contributed by atoms with van der Waals surface area (Å²) in [5.41, 5.74) is -1.81. The highest BCUT2D eigenvalue weighted by Gasteiger charge is 2.36. The fourth-order valence-electron chi connectivity index (χ4n) is 2.34. The lowest BCUT2D eigenvalue weighted by Gasteiger charge is -2.13. The second-order valence-electron chi connectivity index (χ2n) is 5.52. The van der Waals surface area contributed by atoms with Crippen molar-refractivity contribution in [3.63, 3.8) is 0 Å². The highest BCUT2D eigenvalue weighted by atomic mass is 19.4. The summed E-state index contributed by atoms with van der Waals surface area (Å²) in [6.07, 6.45) is -3.70. The van der Waals surface area contributed by atoms with E-state index in [1.54, 1.807) is 24.3 Å². The molecule has 0 unspecified atom stereocenters. The van der Waals surface area contributed by atoms with Gasteiger partial charge in [-0.05, 0) is 37.3 Å². The van der Waals surface area contributed by atoms with E-state index in [0.29, 0.717) is 11.4 Å². The van der Waals surface area contributed by atoms with Crippen LogP contribution in [0.4, 0.5) is 18.9 Å². The number of rotatable bonds is 7. The van der Waals surface area contributed by atoms with Crippen LogP contribution in [-0.4, -0.2) is 25.5 Å². The van der Waals surface area contributed by atoms with E-state index < -0.39 is 34.6 Å². The summed E-state index contributed by atoms with van der Waals surface area (Å²) in [6.45, 7) is 1.49. The highest BCUT2D eigenvalue weighted by Crippen LogP contribution is 2.33. The minimum atomic E-state index is -4.74. The molecule has 28 heavy (non-hydrogen) atoms. The van der Waals surface area contributed by atoms with Crippen LogP contribution in [0.25, 0.3) is 0 Å². The van der Waals surface area contributed by atoms with Gasteiger partial charge < -0.3 is 14.8 Å². The molecule has 0 heterocycles. The maximum absolute atomic E-state index is 13.2. The minimum absolute atomic E-state index is 0.0348. The first-order valence-corrected chi connectivity index (χ1v) is 8.26. The Labute approximate surface area is 159 Å². The molecule has 0 aromatic heterocycles. The fourth-order valence-corrected chi connectivity index (χ4v) is 2.34. The Morgan fingerprint density at radius 1 is 1.07 bits per heavy atom. The summed E-state index contributed by atoms with van der Waals surface area (Å²) in [5.74, 6) is -1.52. The quantitative estimate of drug-likeness (QED) is 0.247. The molecule has 2 rings (SSSR count). The van der Waals surface area contributed by atoms with Crippen LogP contribution in [-0.2, 0) is 15.7 Å². The number of halogens is 3. The first-order valence-electron chi connectivity index (χ1n) is 8.26. The molecule has 5 nitrogen and oxygen atoms in total. The van der Waals surface area contributed by atoms with Crippen LogP contribution in [0, 0.1) is 0 Å². The topological polar surface area (TPSA) is 64.6 Å². The maximum Gasteiger partial charge on any atom is 0.417 e. The molecule has 2 aromatic rings. The predicted octanol–water partition coefficient (Wildman–Crippen LogP) is 4.46. The van der Waals surface area contributed by atoms with Gasteiger partial charge in [0.1, 0.15) is 11.3 Å². The molecular formula is C20H18F3NO4. The van der Waals surface area contributed by atoms with Crippen LogP contribution in [0.2, 0.25) is 0 Å². The molecule has 0 saturated carbocycles. The van der Waals surface area contributed by atoms with Crippen molar-refractivity contribution in [1.29, 1.82) is 0 Å². The number of ketones is 1. The number of hydrogen-bond acceptors (Lipinski definition) is 5. The lowest BCUT2D eigenvalue weighted by atomic mass is 9.98. The number of nitrogens with one attached hydrogen (secondary N) is 1. The number of methoxy groups -OCH3 is 1. The SMILES string of the molecule is CCOC(=O)C(=CNc1ccc(OC)cc1)C(=O)c1ccccc1C(F)(F)F. The van der Waals surface area contributed by atoms with Crippen molar-refractivity contribution in [3.05, 3.63) is 71.4 Å². The number of ether oxygens (including phenoxy) is 2. The average molecular weight is 393 g/mol. The molecule has 1 N–H and O–H groups in total. The van der Waals surface area contributed by atoms with Crippen LogP contribution >= 0.6 is 0 Å². The second kappa shape index (κ2) is 9.07. The molecule has 8 heteroatoms. The molecule has 0 bridgehead atoms. The number of benzene rings is 2. The maximum atomic E-state index is 13.2. The first kappa shape index (κ1) is 21.0. The number of hydrogen-bond donors (Lipinski definition) is 1. The number of esters is 1. The standard InChI is InChI=1S/C20H18F3NO4/c1-3-28-19(26)16(12-24-13-8-10-14(27-2)11-9-13)18(25)15-6-4-5-7-17(15)20(21,22)23/h4-12,24H,3H2,1-2H3. The van der Waals surface area contributed by atoms with Gasteiger partial charge in [0.2, 0.25) is 5.78 Å². The van der Waals surface area contributed by atoms with Gasteiger partial charge in [0.25, 0.3) is 0 Å². The molecule has 0 radical (unpaired) electrons. The van der Waals surface area contributed by atoms with E-state index in [0.717, 1.165) is 18.3 Å². The number of Topliss-reactive ketones (excluding diaryl/α,β-unsaturated/α-hetero) is 1. The number of anilines is 1. The van der Waals surface area contributed by atoms with Crippen LogP contribution in [0.15, 0.2) is 60.3 Å². The zero-order valence-corrected chi connectivity index (χ0v) is 15.2. The third-order valence-electron chi connectivity index (χ3n) is 3.69. The summed E-state index contributed by atoms with van der Waals surface area (Å²) < 4.78 is 49.5. The summed E-state index contributed by atoms with van der Waals surface area (Å²) in [5, 5.41) is 2.72. The number of carbonyl (C=O) groups excluding carboxylic acids is 2. The lowest BCUT2D eigenvalue weighted by Crippen LogP contribution is -2.21. The number of carbonyl (C=O) groups is 2. The molecule has 0 atom stereocenters. The smallest absolute Gasteiger partial charge is 0.417 e. The molecule has 0 aliphatic rings. The van der Waals surface area contributed by atoms with Gasteiger partial charge in [-0.1, -0.05) is 18.2 Å². The van der Waals surface area contributed by atoms with Gasteiger partial charge in [0, 0.05) is 17.5 Å². The molecule has 0 spiro atoms. The Morgan fingerprint density at radius 2 is 1.71 bits per heavy atom. The normalized spacial score (nSPS) is 11.7. The van der Waals surface area contributed by atoms with E-state index >= 15 is 0 Å². The molecule has 0 fully saturated rings. The lowest BCUT2D eigenvalue weighted by molar-refractivity contribution is -0.139. The van der Waals surface area contributed by atoms with Crippen molar-refractivity contribution in [2.24, 2.45) is 0 Å². The Kier molecular flexibility index (Phi) is 6.81. The Morgan fingerprint density at radius 3 is 2.29 bits per heavy atom. The van der Waals surface area contributed by atoms with Gasteiger partial charge in [-0.2, -0.15) is 13.2 Å². The molecule has 0 saturated heterocycles. The van der Waals surface area contributed by atoms with E-state index in [-0.39, 0.29) is 6.61 Å². The molecule has 148 valence electrons. The summed E-state index contributed by atoms with van der Waals surface area (Å²) >= 11 is 0. The summed E-state index contributed by atoms with van der Waals surface area (Å²) in [6, 6.07) is 10.8. The van der Waals surface area contributed by atoms with Crippen LogP contribution < -0.4 is 10.1 Å². The Bertz CT molecular complexity index is 874. The molecule has 0 aliphatic heterocycles. The fraction of sp³-hybridized carbons (Fsp3) is 0.200. The second-order valence-corrected chi connectivity index (χ2v) is 5.52. The van der Waals surface area contributed by atoms with Gasteiger partial charge in [-0.15, -0.1) is 0 Å². The Balaban J connectivity index is 2.40. The highest BCUT2D eigenvalue weighted by molar-refractivity contribution is 6.24. The van der Waals surface area contributed by atoms with Crippen molar-refractivity contribution in [3.8, 4) is 5.75 Å². The predicted molar refractivity (Wildman–Crippen MR) is 97.1 cm³/mol. The molecule has 0 amide bonds. The van der Waals surface area contributed by atoms with Crippen molar-refractivity contribution in [2.45, 2.75) is 13.1 Å². The summed E-state index contributed by atoms with van der Waals surface area (Å²) in [7, 11) is 1.50. The van der Waals surface area contributed by atoms with Crippen molar-refractivity contribution >= 4 is 17.4 Å². The van der Waals surface area contributed by atoms with Gasteiger partial charge in [0.05, 0.1) is 19.3 Å². The van der Waals surface area contributed by atoms with Gasteiger partial charge in [-0.25, -0.2) is 4.79 Å². The molecule has 0 aliphatic carbocycles. The first-order chi connectivity index (χ1) is 13.3. The zero-order valence-electron chi connectivity index (χ0n) is 15.2. The van der Waals surface area contributed by atoms with Crippen LogP contribution in [0.1, 0.15) is 22.8 Å². The Hall–Kier alpha value is -3.29. The van der Waals surface area contributed by atoms with Crippen LogP contribution in [0.5, 0.6) is 5.75 Å². The van der Waals surface area contributed by atoms with E-state index in [1.807, 2.05) is 0 Å². The van der Waals surface area contributed by atoms with Crippen molar-refractivity contribution in [2.75, 3.05) is 19.0 Å². The van der Waals surface area contributed by atoms with E-state index in [2.05, 4.69) is 5.32 Å². The third-order valence-corrected chi connectivity index (χ3v) is 3.69. The number of alkyl halides is 3.